The second-order valence-electron chi connectivity index (χ2n) is 3.46. The molecule has 64 valence electrons. The van der Waals surface area contributed by atoms with E-state index in [0.717, 1.165) is 6.67 Å². The highest BCUT2D eigenvalue weighted by Crippen LogP contribution is 2.24. The average Bonchev–Trinajstić information content (AvgIpc) is 2.47. The van der Waals surface area contributed by atoms with Gasteiger partial charge in [-0.15, -0.1) is 0 Å². The maximum absolute atomic E-state index is 3.40. The van der Waals surface area contributed by atoms with Gasteiger partial charge < -0.3 is 10.2 Å². The predicted molar refractivity (Wildman–Crippen MR) is 50.0 cm³/mol. The Labute approximate surface area is 73.3 Å². The van der Waals surface area contributed by atoms with Crippen molar-refractivity contribution in [1.29, 1.82) is 0 Å². The van der Waals surface area contributed by atoms with Crippen LogP contribution < -0.4 is 5.32 Å². The quantitative estimate of drug-likeness (QED) is 0.632. The van der Waals surface area contributed by atoms with E-state index < -0.39 is 0 Å². The highest BCUT2D eigenvalue weighted by atomic mass is 15.3. The molecule has 0 aromatic rings. The summed E-state index contributed by atoms with van der Waals surface area (Å²) >= 11 is 0. The Bertz CT molecular complexity index is 272. The molecule has 0 aromatic heterocycles. The molecule has 2 nitrogen and oxygen atoms in total. The number of fused-ring (bicyclic) bond motifs is 1. The molecule has 12 heavy (non-hydrogen) atoms. The van der Waals surface area contributed by atoms with Gasteiger partial charge in [-0.3, -0.25) is 0 Å². The maximum atomic E-state index is 3.40. The van der Waals surface area contributed by atoms with Crippen LogP contribution in [0.4, 0.5) is 0 Å². The molecule has 0 saturated carbocycles. The predicted octanol–water partition coefficient (Wildman–Crippen LogP) is 1.80. The minimum atomic E-state index is 0.584. The van der Waals surface area contributed by atoms with Crippen molar-refractivity contribution in [2.75, 3.05) is 6.67 Å². The van der Waals surface area contributed by atoms with Crippen molar-refractivity contribution in [1.82, 2.24) is 10.2 Å². The Morgan fingerprint density at radius 1 is 1.42 bits per heavy atom. The summed E-state index contributed by atoms with van der Waals surface area (Å²) in [6.45, 7) is 5.35. The van der Waals surface area contributed by atoms with Crippen molar-refractivity contribution in [3.8, 4) is 0 Å². The number of rotatable bonds is 1. The fourth-order valence-electron chi connectivity index (χ4n) is 1.62. The summed E-state index contributed by atoms with van der Waals surface area (Å²) in [6.07, 6.45) is 8.42. The van der Waals surface area contributed by atoms with Gasteiger partial charge in [-0.1, -0.05) is 19.9 Å². The monoisotopic (exact) mass is 162 g/mol. The van der Waals surface area contributed by atoms with Crippen LogP contribution in [0.25, 0.3) is 0 Å². The van der Waals surface area contributed by atoms with Gasteiger partial charge in [-0.25, -0.2) is 0 Å². The molecular weight excluding hydrogens is 148 g/mol. The van der Waals surface area contributed by atoms with E-state index in [1.165, 1.54) is 11.4 Å². The first-order chi connectivity index (χ1) is 5.79. The van der Waals surface area contributed by atoms with Gasteiger partial charge in [0.15, 0.2) is 0 Å². The molecule has 0 atom stereocenters. The molecule has 0 bridgehead atoms. The molecule has 1 N–H and O–H groups in total. The average molecular weight is 162 g/mol. The molecule has 0 aliphatic carbocycles. The van der Waals surface area contributed by atoms with Crippen LogP contribution >= 0.6 is 0 Å². The Hall–Kier alpha value is -1.18. The lowest BCUT2D eigenvalue weighted by Crippen LogP contribution is -2.19. The Morgan fingerprint density at radius 3 is 3.00 bits per heavy atom. The first-order valence-electron chi connectivity index (χ1n) is 4.38. The van der Waals surface area contributed by atoms with Crippen LogP contribution in [-0.4, -0.2) is 11.6 Å². The van der Waals surface area contributed by atoms with Crippen molar-refractivity contribution in [2.24, 2.45) is 5.92 Å². The van der Waals surface area contributed by atoms with Crippen molar-refractivity contribution in [3.63, 3.8) is 0 Å². The van der Waals surface area contributed by atoms with Gasteiger partial charge in [0.25, 0.3) is 0 Å². The van der Waals surface area contributed by atoms with Crippen LogP contribution in [0, 0.1) is 5.92 Å². The largest absolute Gasteiger partial charge is 0.369 e. The lowest BCUT2D eigenvalue weighted by atomic mass is 10.1. The Kier molecular flexibility index (Phi) is 1.68. The Balaban J connectivity index is 2.34. The first-order valence-corrected chi connectivity index (χ1v) is 4.38. The van der Waals surface area contributed by atoms with Crippen LogP contribution in [0.2, 0.25) is 0 Å². The highest BCUT2D eigenvalue weighted by Gasteiger charge is 2.20. The standard InChI is InChI=1S/C10H14N2/c1-8(2)10-9-5-3-4-6-12(9)7-11-10/h3-6,8,11H,7H2,1-2H3. The summed E-state index contributed by atoms with van der Waals surface area (Å²) in [5, 5.41) is 3.40. The van der Waals surface area contributed by atoms with E-state index >= 15 is 0 Å². The van der Waals surface area contributed by atoms with Gasteiger partial charge in [-0.05, 0) is 18.1 Å². The van der Waals surface area contributed by atoms with Crippen LogP contribution in [0.15, 0.2) is 35.8 Å². The molecule has 0 radical (unpaired) electrons. The second-order valence-corrected chi connectivity index (χ2v) is 3.46. The number of hydrogen-bond acceptors (Lipinski definition) is 2. The molecule has 2 aliphatic rings. The van der Waals surface area contributed by atoms with Gasteiger partial charge >= 0.3 is 0 Å². The number of nitrogens with zero attached hydrogens (tertiary/aromatic N) is 1. The van der Waals surface area contributed by atoms with Crippen LogP contribution in [-0.2, 0) is 0 Å². The molecule has 0 unspecified atom stereocenters. The zero-order chi connectivity index (χ0) is 8.55. The van der Waals surface area contributed by atoms with E-state index in [1.807, 2.05) is 0 Å². The minimum Gasteiger partial charge on any atom is -0.369 e. The summed E-state index contributed by atoms with van der Waals surface area (Å²) in [6, 6.07) is 0. The zero-order valence-electron chi connectivity index (χ0n) is 7.54. The van der Waals surface area contributed by atoms with Gasteiger partial charge in [0.1, 0.15) is 0 Å². The van der Waals surface area contributed by atoms with Crippen molar-refractivity contribution >= 4 is 0 Å². The maximum Gasteiger partial charge on any atom is 0.0918 e. The fourth-order valence-corrected chi connectivity index (χ4v) is 1.62. The summed E-state index contributed by atoms with van der Waals surface area (Å²) in [4.78, 5) is 2.23. The molecule has 0 aromatic carbocycles. The molecule has 0 fully saturated rings. The summed E-state index contributed by atoms with van der Waals surface area (Å²) < 4.78 is 0. The smallest absolute Gasteiger partial charge is 0.0918 e. The zero-order valence-corrected chi connectivity index (χ0v) is 7.54. The van der Waals surface area contributed by atoms with E-state index in [9.17, 15) is 0 Å². The van der Waals surface area contributed by atoms with E-state index in [4.69, 9.17) is 0 Å². The van der Waals surface area contributed by atoms with E-state index in [0.29, 0.717) is 5.92 Å². The number of allylic oxidation sites excluding steroid dienone is 4. The first kappa shape index (κ1) is 7.47. The van der Waals surface area contributed by atoms with Crippen LogP contribution in [0.3, 0.4) is 0 Å². The topological polar surface area (TPSA) is 15.3 Å². The molecule has 2 heteroatoms. The van der Waals surface area contributed by atoms with Crippen LogP contribution in [0.5, 0.6) is 0 Å². The summed E-state index contributed by atoms with van der Waals surface area (Å²) in [7, 11) is 0. The lowest BCUT2D eigenvalue weighted by molar-refractivity contribution is 0.495. The molecule has 0 spiro atoms. The third-order valence-electron chi connectivity index (χ3n) is 2.23. The number of nitrogens with one attached hydrogen (secondary N) is 1. The Morgan fingerprint density at radius 2 is 2.25 bits per heavy atom. The third-order valence-corrected chi connectivity index (χ3v) is 2.23. The van der Waals surface area contributed by atoms with E-state index in [2.05, 4.69) is 48.5 Å². The van der Waals surface area contributed by atoms with E-state index in [1.54, 1.807) is 0 Å². The van der Waals surface area contributed by atoms with Gasteiger partial charge in [0.2, 0.25) is 0 Å². The summed E-state index contributed by atoms with van der Waals surface area (Å²) in [5.41, 5.74) is 2.68. The molecular formula is C10H14N2. The molecule has 0 amide bonds. The van der Waals surface area contributed by atoms with Gasteiger partial charge in [0, 0.05) is 11.9 Å². The third kappa shape index (κ3) is 1.04. The van der Waals surface area contributed by atoms with Gasteiger partial charge in [-0.2, -0.15) is 0 Å². The summed E-state index contributed by atoms with van der Waals surface area (Å²) in [5.74, 6) is 0.584. The van der Waals surface area contributed by atoms with Crippen LogP contribution in [0.1, 0.15) is 13.8 Å². The molecule has 0 saturated heterocycles. The highest BCUT2D eigenvalue weighted by molar-refractivity contribution is 5.35. The van der Waals surface area contributed by atoms with Crippen molar-refractivity contribution in [3.05, 3.63) is 35.8 Å². The molecule has 2 aliphatic heterocycles. The SMILES string of the molecule is CC(C)C1=C2C=CC=CN2CN1. The van der Waals surface area contributed by atoms with E-state index in [-0.39, 0.29) is 0 Å². The molecule has 2 rings (SSSR count). The molecule has 2 heterocycles. The lowest BCUT2D eigenvalue weighted by Gasteiger charge is -2.16. The second kappa shape index (κ2) is 2.70. The number of hydrogen-bond donors (Lipinski definition) is 1. The van der Waals surface area contributed by atoms with Crippen molar-refractivity contribution < 1.29 is 0 Å². The van der Waals surface area contributed by atoms with Crippen molar-refractivity contribution in [2.45, 2.75) is 13.8 Å². The van der Waals surface area contributed by atoms with Gasteiger partial charge in [0.05, 0.1) is 12.4 Å². The minimum absolute atomic E-state index is 0.584. The fraction of sp³-hybridized carbons (Fsp3) is 0.400. The normalized spacial score (nSPS) is 20.4.